The Bertz CT molecular complexity index is 864. The highest BCUT2D eigenvalue weighted by Gasteiger charge is 2.18. The number of carbonyl (C=O) groups is 1. The largest absolute Gasteiger partial charge is 0.382 e. The highest BCUT2D eigenvalue weighted by atomic mass is 79.9. The van der Waals surface area contributed by atoms with Crippen molar-refractivity contribution in [2.24, 2.45) is 0 Å². The van der Waals surface area contributed by atoms with Crippen LogP contribution in [-0.2, 0) is 0 Å². The number of thiazole rings is 1. The molecule has 3 N–H and O–H groups in total. The van der Waals surface area contributed by atoms with Crippen molar-refractivity contribution in [3.63, 3.8) is 0 Å². The number of halogens is 2. The van der Waals surface area contributed by atoms with Gasteiger partial charge in [-0.1, -0.05) is 33.3 Å². The van der Waals surface area contributed by atoms with Gasteiger partial charge in [-0.25, -0.2) is 9.37 Å². The van der Waals surface area contributed by atoms with Crippen molar-refractivity contribution in [1.82, 2.24) is 4.98 Å². The van der Waals surface area contributed by atoms with Gasteiger partial charge < -0.3 is 11.1 Å². The van der Waals surface area contributed by atoms with Gasteiger partial charge in [0.1, 0.15) is 16.5 Å². The Hall–Kier alpha value is -2.25. The first-order chi connectivity index (χ1) is 11.0. The number of nitrogens with zero attached hydrogens (tertiary/aromatic N) is 1. The molecule has 1 aromatic heterocycles. The second-order valence-electron chi connectivity index (χ2n) is 4.70. The fourth-order valence-corrected chi connectivity index (χ4v) is 3.10. The van der Waals surface area contributed by atoms with E-state index in [0.29, 0.717) is 21.3 Å². The molecule has 2 aromatic carbocycles. The van der Waals surface area contributed by atoms with Crippen molar-refractivity contribution >= 4 is 49.7 Å². The van der Waals surface area contributed by atoms with Crippen molar-refractivity contribution in [2.75, 3.05) is 11.1 Å². The molecule has 0 spiro atoms. The number of aromatic nitrogens is 1. The lowest BCUT2D eigenvalue weighted by molar-refractivity contribution is 0.104. The third-order valence-corrected chi connectivity index (χ3v) is 4.56. The zero-order valence-electron chi connectivity index (χ0n) is 11.7. The Morgan fingerprint density at radius 1 is 1.22 bits per heavy atom. The summed E-state index contributed by atoms with van der Waals surface area (Å²) in [4.78, 5) is 17.0. The Kier molecular flexibility index (Phi) is 4.40. The van der Waals surface area contributed by atoms with E-state index in [9.17, 15) is 9.18 Å². The Balaban J connectivity index is 1.86. The van der Waals surface area contributed by atoms with Gasteiger partial charge >= 0.3 is 0 Å². The van der Waals surface area contributed by atoms with E-state index < -0.39 is 0 Å². The first kappa shape index (κ1) is 15.6. The third kappa shape index (κ3) is 3.57. The molecule has 0 aliphatic carbocycles. The zero-order chi connectivity index (χ0) is 16.4. The van der Waals surface area contributed by atoms with E-state index in [1.165, 1.54) is 12.1 Å². The molecule has 0 atom stereocenters. The summed E-state index contributed by atoms with van der Waals surface area (Å²) >= 11 is 4.46. The van der Waals surface area contributed by atoms with Crippen LogP contribution < -0.4 is 11.1 Å². The molecule has 0 amide bonds. The van der Waals surface area contributed by atoms with Gasteiger partial charge in [-0.05, 0) is 42.5 Å². The van der Waals surface area contributed by atoms with E-state index in [0.717, 1.165) is 15.8 Å². The average Bonchev–Trinajstić information content (AvgIpc) is 2.88. The second kappa shape index (κ2) is 6.47. The van der Waals surface area contributed by atoms with Crippen LogP contribution in [0.15, 0.2) is 53.0 Å². The molecule has 3 rings (SSSR count). The van der Waals surface area contributed by atoms with Crippen LogP contribution >= 0.6 is 27.3 Å². The Morgan fingerprint density at radius 2 is 1.96 bits per heavy atom. The Labute approximate surface area is 144 Å². The van der Waals surface area contributed by atoms with Crippen LogP contribution in [-0.4, -0.2) is 10.8 Å². The maximum Gasteiger partial charge on any atom is 0.206 e. The molecule has 0 fully saturated rings. The number of nitrogens with two attached hydrogens (primary N) is 1. The average molecular weight is 392 g/mol. The first-order valence-electron chi connectivity index (χ1n) is 6.62. The zero-order valence-corrected chi connectivity index (χ0v) is 14.1. The molecule has 23 heavy (non-hydrogen) atoms. The third-order valence-electron chi connectivity index (χ3n) is 3.04. The normalized spacial score (nSPS) is 10.5. The van der Waals surface area contributed by atoms with E-state index in [2.05, 4.69) is 26.2 Å². The summed E-state index contributed by atoms with van der Waals surface area (Å²) in [5, 5.41) is 3.39. The van der Waals surface area contributed by atoms with Gasteiger partial charge in [-0.2, -0.15) is 0 Å². The molecule has 1 heterocycles. The van der Waals surface area contributed by atoms with Crippen molar-refractivity contribution in [3.8, 4) is 0 Å². The van der Waals surface area contributed by atoms with Crippen LogP contribution in [0.5, 0.6) is 0 Å². The lowest BCUT2D eigenvalue weighted by Gasteiger charge is -2.01. The minimum Gasteiger partial charge on any atom is -0.382 e. The lowest BCUT2D eigenvalue weighted by Crippen LogP contribution is -2.02. The number of hydrogen-bond acceptors (Lipinski definition) is 5. The molecule has 0 saturated heterocycles. The number of benzene rings is 2. The highest BCUT2D eigenvalue weighted by Crippen LogP contribution is 2.30. The first-order valence-corrected chi connectivity index (χ1v) is 8.23. The summed E-state index contributed by atoms with van der Waals surface area (Å²) in [6.45, 7) is 0. The number of nitrogens with one attached hydrogen (secondary N) is 1. The van der Waals surface area contributed by atoms with Crippen molar-refractivity contribution in [3.05, 3.63) is 69.3 Å². The molecular weight excluding hydrogens is 381 g/mol. The summed E-state index contributed by atoms with van der Waals surface area (Å²) in [6, 6.07) is 13.0. The maximum absolute atomic E-state index is 13.2. The van der Waals surface area contributed by atoms with E-state index in [4.69, 9.17) is 5.73 Å². The fourth-order valence-electron chi connectivity index (χ4n) is 1.97. The summed E-state index contributed by atoms with van der Waals surface area (Å²) in [5.41, 5.74) is 6.92. The van der Waals surface area contributed by atoms with Crippen LogP contribution in [0.2, 0.25) is 0 Å². The van der Waals surface area contributed by atoms with Crippen LogP contribution in [0, 0.1) is 5.82 Å². The van der Waals surface area contributed by atoms with Crippen LogP contribution in [0.4, 0.5) is 21.0 Å². The molecule has 4 nitrogen and oxygen atoms in total. The maximum atomic E-state index is 13.2. The van der Waals surface area contributed by atoms with E-state index >= 15 is 0 Å². The number of rotatable bonds is 4. The van der Waals surface area contributed by atoms with Gasteiger partial charge in [0, 0.05) is 15.7 Å². The van der Waals surface area contributed by atoms with Crippen molar-refractivity contribution in [1.29, 1.82) is 0 Å². The number of carbonyl (C=O) groups excluding carboxylic acids is 1. The molecule has 0 unspecified atom stereocenters. The molecule has 116 valence electrons. The smallest absolute Gasteiger partial charge is 0.206 e. The number of nitrogen functional groups attached to an aromatic ring is 1. The van der Waals surface area contributed by atoms with Gasteiger partial charge in [-0.3, -0.25) is 4.79 Å². The van der Waals surface area contributed by atoms with Crippen LogP contribution in [0.1, 0.15) is 15.2 Å². The highest BCUT2D eigenvalue weighted by molar-refractivity contribution is 9.10. The van der Waals surface area contributed by atoms with E-state index in [-0.39, 0.29) is 17.4 Å². The van der Waals surface area contributed by atoms with Gasteiger partial charge in [0.2, 0.25) is 5.78 Å². The number of ketones is 1. The van der Waals surface area contributed by atoms with Crippen molar-refractivity contribution in [2.45, 2.75) is 0 Å². The fraction of sp³-hybridized carbons (Fsp3) is 0. The summed E-state index contributed by atoms with van der Waals surface area (Å²) in [5.74, 6) is -0.396. The quantitative estimate of drug-likeness (QED) is 0.637. The monoisotopic (exact) mass is 391 g/mol. The van der Waals surface area contributed by atoms with Gasteiger partial charge in [0.25, 0.3) is 0 Å². The summed E-state index contributed by atoms with van der Waals surface area (Å²) in [7, 11) is 0. The number of hydrogen-bond donors (Lipinski definition) is 2. The number of anilines is 3. The topological polar surface area (TPSA) is 68.0 Å². The van der Waals surface area contributed by atoms with Gasteiger partial charge in [-0.15, -0.1) is 0 Å². The molecule has 0 radical (unpaired) electrons. The minimum atomic E-state index is -0.356. The molecule has 3 aromatic rings. The molecule has 0 bridgehead atoms. The summed E-state index contributed by atoms with van der Waals surface area (Å²) < 4.78 is 14.1. The predicted molar refractivity (Wildman–Crippen MR) is 93.8 cm³/mol. The Morgan fingerprint density at radius 3 is 2.65 bits per heavy atom. The van der Waals surface area contributed by atoms with Crippen LogP contribution in [0.25, 0.3) is 0 Å². The molecule has 0 saturated carbocycles. The minimum absolute atomic E-state index is 0.154. The SMILES string of the molecule is Nc1nc(Nc2cccc(F)c2)sc1C(=O)c1ccc(Br)cc1. The van der Waals surface area contributed by atoms with Crippen molar-refractivity contribution < 1.29 is 9.18 Å². The van der Waals surface area contributed by atoms with E-state index in [1.54, 1.807) is 36.4 Å². The van der Waals surface area contributed by atoms with Gasteiger partial charge in [0.15, 0.2) is 5.13 Å². The standard InChI is InChI=1S/C16H11BrFN3OS/c17-10-6-4-9(5-7-10)13(22)14-15(19)21-16(23-14)20-12-3-1-2-11(18)8-12/h1-8H,19H2,(H,20,21). The van der Waals surface area contributed by atoms with Gasteiger partial charge in [0.05, 0.1) is 0 Å². The van der Waals surface area contributed by atoms with Crippen LogP contribution in [0.3, 0.4) is 0 Å². The second-order valence-corrected chi connectivity index (χ2v) is 6.62. The molecular formula is C16H11BrFN3OS. The molecule has 0 aliphatic heterocycles. The molecule has 7 heteroatoms. The predicted octanol–water partition coefficient (Wildman–Crippen LogP) is 4.60. The van der Waals surface area contributed by atoms with E-state index in [1.807, 2.05) is 0 Å². The molecule has 0 aliphatic rings. The lowest BCUT2D eigenvalue weighted by atomic mass is 10.1. The summed E-state index contributed by atoms with van der Waals surface area (Å²) in [6.07, 6.45) is 0.